The van der Waals surface area contributed by atoms with Crippen molar-refractivity contribution in [2.45, 2.75) is 30.7 Å². The summed E-state index contributed by atoms with van der Waals surface area (Å²) in [5, 5.41) is 79.6. The number of hydrogen-bond acceptors (Lipinski definition) is 13. The molecule has 13 heteroatoms. The maximum Gasteiger partial charge on any atom is 0.239 e. The quantitative estimate of drug-likeness (QED) is 0.209. The van der Waals surface area contributed by atoms with E-state index in [0.29, 0.717) is 0 Å². The fraction of sp³-hybridized carbons (Fsp3) is 0.318. The third-order valence-corrected chi connectivity index (χ3v) is 5.57. The largest absolute Gasteiger partial charge is 0.504 e. The monoisotopic (exact) mass is 494 g/mol. The molecule has 1 aliphatic heterocycles. The lowest BCUT2D eigenvalue weighted by atomic mass is 9.99. The van der Waals surface area contributed by atoms with Crippen LogP contribution in [0.4, 0.5) is 0 Å². The van der Waals surface area contributed by atoms with Crippen molar-refractivity contribution in [1.29, 1.82) is 0 Å². The summed E-state index contributed by atoms with van der Waals surface area (Å²) >= 11 is 0. The molecule has 0 spiro atoms. The third kappa shape index (κ3) is 4.05. The summed E-state index contributed by atoms with van der Waals surface area (Å²) in [6, 6.07) is 4.37. The topological polar surface area (TPSA) is 220 Å². The fourth-order valence-electron chi connectivity index (χ4n) is 3.73. The van der Waals surface area contributed by atoms with E-state index < -0.39 is 82.6 Å². The minimum atomic E-state index is -1.88. The molecule has 1 aliphatic rings. The van der Waals surface area contributed by atoms with Gasteiger partial charge in [0.15, 0.2) is 28.8 Å². The number of rotatable bonds is 5. The van der Waals surface area contributed by atoms with Gasteiger partial charge in [-0.2, -0.15) is 0 Å². The molecular weight excluding hydrogens is 472 g/mol. The van der Waals surface area contributed by atoms with E-state index in [9.17, 15) is 45.6 Å². The SMILES string of the molecule is COc1c(O)cc2oc(-c3ccc(O)c(O)c3)c(O[C@@H]3O[C@H](CO)[C@H](O)[C@H](O)[C@H]3O)c(=O)c2c1O. The van der Waals surface area contributed by atoms with Crippen LogP contribution in [0, 0.1) is 0 Å². The number of phenols is 4. The minimum absolute atomic E-state index is 0.00584. The number of aliphatic hydroxyl groups excluding tert-OH is 4. The second-order valence-electron chi connectivity index (χ2n) is 7.76. The number of fused-ring (bicyclic) bond motifs is 1. The van der Waals surface area contributed by atoms with Gasteiger partial charge in [0.05, 0.1) is 13.7 Å². The first-order valence-electron chi connectivity index (χ1n) is 10.2. The Kier molecular flexibility index (Phi) is 6.36. The fourth-order valence-corrected chi connectivity index (χ4v) is 3.73. The van der Waals surface area contributed by atoms with Crippen LogP contribution in [-0.2, 0) is 4.74 Å². The van der Waals surface area contributed by atoms with Gasteiger partial charge in [0, 0.05) is 11.6 Å². The predicted octanol–water partition coefficient (Wildman–Crippen LogP) is -0.530. The summed E-state index contributed by atoms with van der Waals surface area (Å²) in [5.41, 5.74) is -1.34. The molecule has 35 heavy (non-hydrogen) atoms. The number of methoxy groups -OCH3 is 1. The van der Waals surface area contributed by atoms with Crippen molar-refractivity contribution in [1.82, 2.24) is 0 Å². The number of ether oxygens (including phenoxy) is 3. The van der Waals surface area contributed by atoms with Crippen LogP contribution in [0.15, 0.2) is 33.5 Å². The summed E-state index contributed by atoms with van der Waals surface area (Å²) in [4.78, 5) is 13.5. The van der Waals surface area contributed by atoms with Crippen LogP contribution in [0.25, 0.3) is 22.3 Å². The van der Waals surface area contributed by atoms with Crippen molar-refractivity contribution in [3.05, 3.63) is 34.5 Å². The molecule has 3 aromatic rings. The van der Waals surface area contributed by atoms with Crippen LogP contribution in [-0.4, -0.2) is 85.3 Å². The van der Waals surface area contributed by atoms with Crippen LogP contribution in [0.3, 0.4) is 0 Å². The highest BCUT2D eigenvalue weighted by atomic mass is 16.7. The van der Waals surface area contributed by atoms with Gasteiger partial charge in [-0.15, -0.1) is 0 Å². The molecule has 0 aliphatic carbocycles. The molecule has 2 aromatic carbocycles. The Balaban J connectivity index is 1.95. The highest BCUT2D eigenvalue weighted by Gasteiger charge is 2.45. The van der Waals surface area contributed by atoms with Crippen LogP contribution >= 0.6 is 0 Å². The smallest absolute Gasteiger partial charge is 0.239 e. The van der Waals surface area contributed by atoms with E-state index in [-0.39, 0.29) is 16.9 Å². The van der Waals surface area contributed by atoms with Gasteiger partial charge >= 0.3 is 0 Å². The minimum Gasteiger partial charge on any atom is -0.504 e. The summed E-state index contributed by atoms with van der Waals surface area (Å²) < 4.78 is 21.5. The second-order valence-corrected chi connectivity index (χ2v) is 7.76. The molecule has 4 rings (SSSR count). The van der Waals surface area contributed by atoms with Crippen LogP contribution in [0.5, 0.6) is 34.5 Å². The molecule has 0 amide bonds. The molecule has 2 heterocycles. The van der Waals surface area contributed by atoms with Crippen molar-refractivity contribution < 1.29 is 59.5 Å². The summed E-state index contributed by atoms with van der Waals surface area (Å²) in [7, 11) is 1.14. The van der Waals surface area contributed by atoms with Gasteiger partial charge < -0.3 is 59.5 Å². The zero-order chi connectivity index (χ0) is 25.6. The van der Waals surface area contributed by atoms with Gasteiger partial charge in [0.1, 0.15) is 35.4 Å². The molecule has 8 N–H and O–H groups in total. The van der Waals surface area contributed by atoms with E-state index in [4.69, 9.17) is 18.6 Å². The van der Waals surface area contributed by atoms with Gasteiger partial charge in [0.25, 0.3) is 0 Å². The first-order valence-corrected chi connectivity index (χ1v) is 10.2. The number of phenolic OH excluding ortho intramolecular Hbond substituents is 4. The zero-order valence-corrected chi connectivity index (χ0v) is 18.0. The van der Waals surface area contributed by atoms with Gasteiger partial charge in [-0.25, -0.2) is 0 Å². The maximum absolute atomic E-state index is 13.5. The Morgan fingerprint density at radius 3 is 2.26 bits per heavy atom. The molecule has 13 nitrogen and oxygen atoms in total. The van der Waals surface area contributed by atoms with Gasteiger partial charge in [-0.1, -0.05) is 0 Å². The summed E-state index contributed by atoms with van der Waals surface area (Å²) in [6.45, 7) is -0.757. The number of aliphatic hydroxyl groups is 4. The Morgan fingerprint density at radius 2 is 1.63 bits per heavy atom. The number of hydrogen-bond donors (Lipinski definition) is 8. The number of benzene rings is 2. The molecule has 0 saturated carbocycles. The molecule has 0 unspecified atom stereocenters. The summed E-state index contributed by atoms with van der Waals surface area (Å²) in [5.74, 6) is -3.87. The first kappa shape index (κ1) is 24.4. The van der Waals surface area contributed by atoms with E-state index in [0.717, 1.165) is 25.3 Å². The molecule has 188 valence electrons. The predicted molar refractivity (Wildman–Crippen MR) is 116 cm³/mol. The highest BCUT2D eigenvalue weighted by molar-refractivity contribution is 5.91. The second kappa shape index (κ2) is 9.13. The Morgan fingerprint density at radius 1 is 0.914 bits per heavy atom. The summed E-state index contributed by atoms with van der Waals surface area (Å²) in [6.07, 6.45) is -8.53. The molecule has 1 saturated heterocycles. The van der Waals surface area contributed by atoms with Crippen LogP contribution in [0.1, 0.15) is 0 Å². The Labute approximate surface area is 195 Å². The molecule has 5 atom stereocenters. The molecule has 0 bridgehead atoms. The van der Waals surface area contributed by atoms with Gasteiger partial charge in [-0.05, 0) is 18.2 Å². The average molecular weight is 494 g/mol. The van der Waals surface area contributed by atoms with E-state index in [2.05, 4.69) is 0 Å². The Bertz CT molecular complexity index is 1320. The van der Waals surface area contributed by atoms with Gasteiger partial charge in [0.2, 0.25) is 23.2 Å². The molecule has 0 radical (unpaired) electrons. The molecule has 1 aromatic heterocycles. The van der Waals surface area contributed by atoms with Crippen molar-refractivity contribution >= 4 is 11.0 Å². The van der Waals surface area contributed by atoms with E-state index >= 15 is 0 Å². The number of aromatic hydroxyl groups is 4. The highest BCUT2D eigenvalue weighted by Crippen LogP contribution is 2.44. The van der Waals surface area contributed by atoms with Crippen molar-refractivity contribution in [3.8, 4) is 45.8 Å². The zero-order valence-electron chi connectivity index (χ0n) is 18.0. The van der Waals surface area contributed by atoms with Gasteiger partial charge in [-0.3, -0.25) is 4.79 Å². The molecular formula is C22H22O13. The average Bonchev–Trinajstić information content (AvgIpc) is 2.82. The third-order valence-electron chi connectivity index (χ3n) is 5.57. The lowest BCUT2D eigenvalue weighted by Crippen LogP contribution is -2.60. The van der Waals surface area contributed by atoms with E-state index in [1.807, 2.05) is 0 Å². The normalized spacial score (nSPS) is 24.4. The van der Waals surface area contributed by atoms with E-state index in [1.54, 1.807) is 0 Å². The standard InChI is InChI=1S/C22H22O13/c1-32-20-10(26)5-11-13(15(20)28)16(29)21(19(33-11)7-2-3-8(24)9(25)4-7)35-22-18(31)17(30)14(27)12(6-23)34-22/h2-5,12,14,17-18,22-28,30-31H,6H2,1H3/t12-,14+,17+,18-,22+/m1/s1. The van der Waals surface area contributed by atoms with Crippen LogP contribution in [0.2, 0.25) is 0 Å². The van der Waals surface area contributed by atoms with Crippen molar-refractivity contribution in [3.63, 3.8) is 0 Å². The Hall–Kier alpha value is -3.75. The van der Waals surface area contributed by atoms with Crippen molar-refractivity contribution in [2.75, 3.05) is 13.7 Å². The lowest BCUT2D eigenvalue weighted by molar-refractivity contribution is -0.277. The first-order chi connectivity index (χ1) is 16.6. The van der Waals surface area contributed by atoms with Crippen LogP contribution < -0.4 is 14.9 Å². The van der Waals surface area contributed by atoms with E-state index in [1.165, 1.54) is 6.07 Å². The molecule has 1 fully saturated rings. The lowest BCUT2D eigenvalue weighted by Gasteiger charge is -2.39. The van der Waals surface area contributed by atoms with Crippen molar-refractivity contribution in [2.24, 2.45) is 0 Å². The maximum atomic E-state index is 13.5.